The molecule has 1 rings (SSSR count). The fraction of sp³-hybridized carbons (Fsp3) is 0.556. The maximum Gasteiger partial charge on any atom is 0.329 e. The molecule has 8 nitrogen and oxygen atoms in total. The second kappa shape index (κ2) is 6.59. The van der Waals surface area contributed by atoms with Crippen molar-refractivity contribution in [1.29, 1.82) is 0 Å². The van der Waals surface area contributed by atoms with Crippen LogP contribution in [0.15, 0.2) is 6.33 Å². The highest BCUT2D eigenvalue weighted by Crippen LogP contribution is 1.91. The smallest absolute Gasteiger partial charge is 0.329 e. The molecule has 0 fully saturated rings. The Kier molecular flexibility index (Phi) is 5.08. The molecular weight excluding hydrogens is 228 g/mol. The minimum Gasteiger partial charge on any atom is -0.480 e. The number of nitrogens with zero attached hydrogens (tertiary/aromatic N) is 3. The van der Waals surface area contributed by atoms with E-state index in [0.717, 1.165) is 5.82 Å². The van der Waals surface area contributed by atoms with Gasteiger partial charge in [-0.2, -0.15) is 0 Å². The molecule has 0 saturated carbocycles. The zero-order chi connectivity index (χ0) is 12.7. The third kappa shape index (κ3) is 5.07. The normalized spacial score (nSPS) is 10.2. The molecule has 0 saturated heterocycles. The number of aliphatic carboxylic acids is 1. The average Bonchev–Trinajstić information content (AvgIpc) is 2.64. The SMILES string of the molecule is Cn1cnnc1CCNC(=O)COCC(=O)O. The standard InChI is InChI=1S/C9H14N4O4/c1-13-6-11-12-7(13)2-3-10-8(14)4-17-5-9(15)16/h6H,2-5H2,1H3,(H,10,14)(H,15,16). The Morgan fingerprint density at radius 2 is 2.29 bits per heavy atom. The Morgan fingerprint density at radius 3 is 2.88 bits per heavy atom. The summed E-state index contributed by atoms with van der Waals surface area (Å²) in [6, 6.07) is 0. The van der Waals surface area contributed by atoms with Gasteiger partial charge < -0.3 is 19.7 Å². The number of amides is 1. The van der Waals surface area contributed by atoms with Crippen LogP contribution in [-0.4, -0.2) is 51.5 Å². The molecule has 0 bridgehead atoms. The first kappa shape index (κ1) is 13.1. The van der Waals surface area contributed by atoms with Gasteiger partial charge in [-0.3, -0.25) is 4.79 Å². The second-order valence-electron chi connectivity index (χ2n) is 3.34. The molecule has 0 radical (unpaired) electrons. The van der Waals surface area contributed by atoms with Crippen molar-refractivity contribution in [2.24, 2.45) is 7.05 Å². The molecule has 17 heavy (non-hydrogen) atoms. The van der Waals surface area contributed by atoms with E-state index in [0.29, 0.717) is 13.0 Å². The summed E-state index contributed by atoms with van der Waals surface area (Å²) in [5.74, 6) is -0.693. The van der Waals surface area contributed by atoms with E-state index in [1.165, 1.54) is 0 Å². The van der Waals surface area contributed by atoms with Crippen LogP contribution in [0.1, 0.15) is 5.82 Å². The monoisotopic (exact) mass is 242 g/mol. The van der Waals surface area contributed by atoms with E-state index in [9.17, 15) is 9.59 Å². The van der Waals surface area contributed by atoms with Crippen LogP contribution in [0.25, 0.3) is 0 Å². The van der Waals surface area contributed by atoms with Crippen molar-refractivity contribution in [3.63, 3.8) is 0 Å². The number of aryl methyl sites for hydroxylation is 1. The van der Waals surface area contributed by atoms with Gasteiger partial charge in [-0.25, -0.2) is 4.79 Å². The van der Waals surface area contributed by atoms with E-state index < -0.39 is 12.6 Å². The molecule has 1 aromatic heterocycles. The van der Waals surface area contributed by atoms with Crippen molar-refractivity contribution < 1.29 is 19.4 Å². The van der Waals surface area contributed by atoms with Crippen molar-refractivity contribution in [1.82, 2.24) is 20.1 Å². The topological polar surface area (TPSA) is 106 Å². The highest BCUT2D eigenvalue weighted by atomic mass is 16.5. The number of carboxylic acids is 1. The zero-order valence-electron chi connectivity index (χ0n) is 9.42. The number of rotatable bonds is 7. The number of ether oxygens (including phenoxy) is 1. The molecule has 1 heterocycles. The first-order chi connectivity index (χ1) is 8.09. The fourth-order valence-electron chi connectivity index (χ4n) is 1.13. The van der Waals surface area contributed by atoms with E-state index >= 15 is 0 Å². The molecule has 94 valence electrons. The summed E-state index contributed by atoms with van der Waals surface area (Å²) >= 11 is 0. The number of carboxylic acid groups (broad SMARTS) is 1. The molecule has 0 aliphatic rings. The first-order valence-electron chi connectivity index (χ1n) is 4.98. The quantitative estimate of drug-likeness (QED) is 0.607. The van der Waals surface area contributed by atoms with E-state index in [1.54, 1.807) is 10.9 Å². The Bertz CT molecular complexity index is 390. The number of carbonyl (C=O) groups excluding carboxylic acids is 1. The van der Waals surface area contributed by atoms with Crippen molar-refractivity contribution in [2.45, 2.75) is 6.42 Å². The van der Waals surface area contributed by atoms with Gasteiger partial charge in [0, 0.05) is 20.0 Å². The van der Waals surface area contributed by atoms with Crippen LogP contribution in [0, 0.1) is 0 Å². The first-order valence-corrected chi connectivity index (χ1v) is 4.98. The summed E-state index contributed by atoms with van der Waals surface area (Å²) in [6.07, 6.45) is 2.13. The molecule has 8 heteroatoms. The summed E-state index contributed by atoms with van der Waals surface area (Å²) in [4.78, 5) is 21.3. The molecule has 0 aromatic carbocycles. The Balaban J connectivity index is 2.12. The lowest BCUT2D eigenvalue weighted by molar-refractivity contribution is -0.143. The average molecular weight is 242 g/mol. The van der Waals surface area contributed by atoms with Crippen molar-refractivity contribution >= 4 is 11.9 Å². The fourth-order valence-corrected chi connectivity index (χ4v) is 1.13. The lowest BCUT2D eigenvalue weighted by atomic mass is 10.4. The summed E-state index contributed by atoms with van der Waals surface area (Å²) < 4.78 is 6.38. The maximum atomic E-state index is 11.2. The van der Waals surface area contributed by atoms with Gasteiger partial charge in [0.2, 0.25) is 5.91 Å². The molecule has 0 atom stereocenters. The molecule has 2 N–H and O–H groups in total. The zero-order valence-corrected chi connectivity index (χ0v) is 9.42. The molecule has 0 unspecified atom stereocenters. The highest BCUT2D eigenvalue weighted by Gasteiger charge is 2.05. The Labute approximate surface area is 97.6 Å². The van der Waals surface area contributed by atoms with Gasteiger partial charge in [0.25, 0.3) is 0 Å². The van der Waals surface area contributed by atoms with Gasteiger partial charge >= 0.3 is 5.97 Å². The summed E-state index contributed by atoms with van der Waals surface area (Å²) in [5, 5.41) is 18.4. The molecule has 1 aromatic rings. The largest absolute Gasteiger partial charge is 0.480 e. The second-order valence-corrected chi connectivity index (χ2v) is 3.34. The minimum atomic E-state index is -1.10. The van der Waals surface area contributed by atoms with Gasteiger partial charge in [0.15, 0.2) is 0 Å². The van der Waals surface area contributed by atoms with Crippen molar-refractivity contribution in [3.8, 4) is 0 Å². The number of hydrogen-bond donors (Lipinski definition) is 2. The lowest BCUT2D eigenvalue weighted by Gasteiger charge is -2.04. The predicted octanol–water partition coefficient (Wildman–Crippen LogP) is -1.42. The number of nitrogens with one attached hydrogen (secondary N) is 1. The van der Waals surface area contributed by atoms with Crippen LogP contribution in [0.2, 0.25) is 0 Å². The third-order valence-electron chi connectivity index (χ3n) is 1.93. The van der Waals surface area contributed by atoms with E-state index in [2.05, 4.69) is 20.3 Å². The lowest BCUT2D eigenvalue weighted by Crippen LogP contribution is -2.30. The molecule has 0 aliphatic carbocycles. The Morgan fingerprint density at radius 1 is 1.53 bits per heavy atom. The molecular formula is C9H14N4O4. The van der Waals surface area contributed by atoms with E-state index in [4.69, 9.17) is 5.11 Å². The van der Waals surface area contributed by atoms with Crippen LogP contribution >= 0.6 is 0 Å². The Hall–Kier alpha value is -1.96. The van der Waals surface area contributed by atoms with Crippen LogP contribution in [0.4, 0.5) is 0 Å². The predicted molar refractivity (Wildman–Crippen MR) is 56.2 cm³/mol. The molecule has 0 aliphatic heterocycles. The van der Waals surface area contributed by atoms with Gasteiger partial charge in [-0.15, -0.1) is 10.2 Å². The van der Waals surface area contributed by atoms with Crippen molar-refractivity contribution in [2.75, 3.05) is 19.8 Å². The van der Waals surface area contributed by atoms with Gasteiger partial charge in [0.1, 0.15) is 25.4 Å². The van der Waals surface area contributed by atoms with Crippen LogP contribution in [0.3, 0.4) is 0 Å². The third-order valence-corrected chi connectivity index (χ3v) is 1.93. The van der Waals surface area contributed by atoms with Gasteiger partial charge in [-0.1, -0.05) is 0 Å². The molecule has 0 spiro atoms. The van der Waals surface area contributed by atoms with Crippen molar-refractivity contribution in [3.05, 3.63) is 12.2 Å². The molecule has 1 amide bonds. The van der Waals surface area contributed by atoms with Gasteiger partial charge in [0.05, 0.1) is 0 Å². The van der Waals surface area contributed by atoms with E-state index in [1.807, 2.05) is 7.05 Å². The summed E-state index contributed by atoms with van der Waals surface area (Å²) in [6.45, 7) is -0.330. The van der Waals surface area contributed by atoms with Crippen LogP contribution in [-0.2, 0) is 27.8 Å². The summed E-state index contributed by atoms with van der Waals surface area (Å²) in [7, 11) is 1.81. The highest BCUT2D eigenvalue weighted by molar-refractivity contribution is 5.77. The van der Waals surface area contributed by atoms with Crippen LogP contribution in [0.5, 0.6) is 0 Å². The number of aromatic nitrogens is 3. The van der Waals surface area contributed by atoms with E-state index in [-0.39, 0.29) is 12.5 Å². The number of carbonyl (C=O) groups is 2. The summed E-state index contributed by atoms with van der Waals surface area (Å²) in [5.41, 5.74) is 0. The number of hydrogen-bond acceptors (Lipinski definition) is 5. The van der Waals surface area contributed by atoms with Crippen LogP contribution < -0.4 is 5.32 Å². The maximum absolute atomic E-state index is 11.2. The van der Waals surface area contributed by atoms with Gasteiger partial charge in [-0.05, 0) is 0 Å². The minimum absolute atomic E-state index is 0.259.